The summed E-state index contributed by atoms with van der Waals surface area (Å²) in [6.45, 7) is 1.42. The van der Waals surface area contributed by atoms with E-state index >= 15 is 0 Å². The molecule has 0 aromatic heterocycles. The van der Waals surface area contributed by atoms with E-state index in [1.165, 1.54) is 7.11 Å². The van der Waals surface area contributed by atoms with Crippen molar-refractivity contribution in [2.24, 2.45) is 11.7 Å². The van der Waals surface area contributed by atoms with E-state index in [2.05, 4.69) is 4.74 Å². The molecule has 1 rings (SSSR count). The second kappa shape index (κ2) is 6.33. The third-order valence-electron chi connectivity index (χ3n) is 3.38. The number of ether oxygens (including phenoxy) is 1. The number of sulfonamides is 1. The number of nitrogens with two attached hydrogens (primary N) is 1. The molecule has 0 aromatic carbocycles. The number of amides is 1. The molecule has 0 saturated heterocycles. The fourth-order valence-corrected chi connectivity index (χ4v) is 4.63. The molecule has 7 nitrogen and oxygen atoms in total. The fourth-order valence-electron chi connectivity index (χ4n) is 2.45. The Morgan fingerprint density at radius 1 is 1.37 bits per heavy atom. The first kappa shape index (κ1) is 15.9. The van der Waals surface area contributed by atoms with Crippen molar-refractivity contribution in [2.45, 2.75) is 31.4 Å². The van der Waals surface area contributed by atoms with Crippen molar-refractivity contribution in [1.82, 2.24) is 4.31 Å². The summed E-state index contributed by atoms with van der Waals surface area (Å²) in [4.78, 5) is 22.5. The Hall–Kier alpha value is -1.15. The molecule has 0 spiro atoms. The SMILES string of the molecule is CCN(CC(N)=O)S(=O)(=O)C1CCCC1C(=O)OC. The van der Waals surface area contributed by atoms with Crippen LogP contribution in [0.3, 0.4) is 0 Å². The number of hydrogen-bond acceptors (Lipinski definition) is 5. The molecule has 0 aliphatic heterocycles. The van der Waals surface area contributed by atoms with Gasteiger partial charge in [0.15, 0.2) is 0 Å². The lowest BCUT2D eigenvalue weighted by molar-refractivity contribution is -0.145. The number of nitrogens with zero attached hydrogens (tertiary/aromatic N) is 1. The molecule has 0 radical (unpaired) electrons. The first-order valence-corrected chi connectivity index (χ1v) is 7.70. The van der Waals surface area contributed by atoms with Gasteiger partial charge in [-0.15, -0.1) is 0 Å². The Labute approximate surface area is 113 Å². The van der Waals surface area contributed by atoms with E-state index in [1.54, 1.807) is 6.92 Å². The maximum Gasteiger partial charge on any atom is 0.310 e. The van der Waals surface area contributed by atoms with Crippen LogP contribution in [-0.4, -0.2) is 50.0 Å². The molecule has 19 heavy (non-hydrogen) atoms. The molecule has 1 amide bonds. The van der Waals surface area contributed by atoms with E-state index in [-0.39, 0.29) is 13.1 Å². The third kappa shape index (κ3) is 3.44. The van der Waals surface area contributed by atoms with Crippen LogP contribution in [-0.2, 0) is 24.3 Å². The van der Waals surface area contributed by atoms with Crippen molar-refractivity contribution >= 4 is 21.9 Å². The maximum absolute atomic E-state index is 12.4. The molecule has 1 saturated carbocycles. The largest absolute Gasteiger partial charge is 0.469 e. The molecule has 0 heterocycles. The van der Waals surface area contributed by atoms with E-state index in [4.69, 9.17) is 5.73 Å². The number of likely N-dealkylation sites (N-methyl/N-ethyl adjacent to an activating group) is 1. The summed E-state index contributed by atoms with van der Waals surface area (Å²) in [6, 6.07) is 0. The van der Waals surface area contributed by atoms with Gasteiger partial charge in [-0.1, -0.05) is 13.3 Å². The predicted octanol–water partition coefficient (Wildman–Crippen LogP) is -0.535. The molecule has 2 unspecified atom stereocenters. The minimum Gasteiger partial charge on any atom is -0.469 e. The predicted molar refractivity (Wildman–Crippen MR) is 68.5 cm³/mol. The topological polar surface area (TPSA) is 107 Å². The molecule has 8 heteroatoms. The van der Waals surface area contributed by atoms with Crippen molar-refractivity contribution in [2.75, 3.05) is 20.2 Å². The number of carbonyl (C=O) groups excluding carboxylic acids is 2. The van der Waals surface area contributed by atoms with Crippen LogP contribution in [0.2, 0.25) is 0 Å². The van der Waals surface area contributed by atoms with Crippen LogP contribution in [0.25, 0.3) is 0 Å². The van der Waals surface area contributed by atoms with Gasteiger partial charge in [-0.3, -0.25) is 9.59 Å². The highest BCUT2D eigenvalue weighted by atomic mass is 32.2. The second-order valence-electron chi connectivity index (χ2n) is 4.54. The zero-order chi connectivity index (χ0) is 14.6. The number of hydrogen-bond donors (Lipinski definition) is 1. The maximum atomic E-state index is 12.4. The quantitative estimate of drug-likeness (QED) is 0.662. The van der Waals surface area contributed by atoms with Gasteiger partial charge in [0.05, 0.1) is 24.8 Å². The van der Waals surface area contributed by atoms with Gasteiger partial charge in [-0.05, 0) is 12.8 Å². The number of esters is 1. The lowest BCUT2D eigenvalue weighted by Crippen LogP contribution is -2.45. The minimum absolute atomic E-state index is 0.148. The van der Waals surface area contributed by atoms with Gasteiger partial charge in [-0.2, -0.15) is 4.31 Å². The summed E-state index contributed by atoms with van der Waals surface area (Å²) in [7, 11) is -2.48. The normalized spacial score (nSPS) is 23.5. The van der Waals surface area contributed by atoms with Gasteiger partial charge in [-0.25, -0.2) is 8.42 Å². The summed E-state index contributed by atoms with van der Waals surface area (Å²) >= 11 is 0. The standard InChI is InChI=1S/C11H20N2O5S/c1-3-13(7-10(12)14)19(16,17)9-6-4-5-8(9)11(15)18-2/h8-9H,3-7H2,1-2H3,(H2,12,14). The van der Waals surface area contributed by atoms with Gasteiger partial charge in [0, 0.05) is 6.54 Å². The zero-order valence-electron chi connectivity index (χ0n) is 11.2. The highest BCUT2D eigenvalue weighted by molar-refractivity contribution is 7.89. The number of carbonyl (C=O) groups is 2. The van der Waals surface area contributed by atoms with Gasteiger partial charge >= 0.3 is 5.97 Å². The lowest BCUT2D eigenvalue weighted by Gasteiger charge is -2.25. The number of methoxy groups -OCH3 is 1. The summed E-state index contributed by atoms with van der Waals surface area (Å²) in [5.41, 5.74) is 5.05. The number of primary amides is 1. The highest BCUT2D eigenvalue weighted by Gasteiger charge is 2.44. The Bertz CT molecular complexity index is 448. The molecular weight excluding hydrogens is 272 g/mol. The monoisotopic (exact) mass is 292 g/mol. The third-order valence-corrected chi connectivity index (χ3v) is 5.82. The van der Waals surface area contributed by atoms with Crippen molar-refractivity contribution in [3.63, 3.8) is 0 Å². The molecule has 1 aliphatic rings. The van der Waals surface area contributed by atoms with E-state index < -0.39 is 33.1 Å². The Morgan fingerprint density at radius 3 is 2.47 bits per heavy atom. The highest BCUT2D eigenvalue weighted by Crippen LogP contribution is 2.33. The average molecular weight is 292 g/mol. The Kier molecular flexibility index (Phi) is 5.30. The van der Waals surface area contributed by atoms with Crippen molar-refractivity contribution < 1.29 is 22.7 Å². The van der Waals surface area contributed by atoms with Crippen LogP contribution < -0.4 is 5.73 Å². The van der Waals surface area contributed by atoms with E-state index in [9.17, 15) is 18.0 Å². The molecule has 1 fully saturated rings. The smallest absolute Gasteiger partial charge is 0.310 e. The molecule has 2 N–H and O–H groups in total. The average Bonchev–Trinajstić information content (AvgIpc) is 2.84. The zero-order valence-corrected chi connectivity index (χ0v) is 12.0. The van der Waals surface area contributed by atoms with Crippen LogP contribution >= 0.6 is 0 Å². The molecule has 1 aliphatic carbocycles. The lowest BCUT2D eigenvalue weighted by atomic mass is 10.1. The van der Waals surface area contributed by atoms with Gasteiger partial charge in [0.2, 0.25) is 15.9 Å². The van der Waals surface area contributed by atoms with E-state index in [1.807, 2.05) is 0 Å². The summed E-state index contributed by atoms with van der Waals surface area (Å²) in [5.74, 6) is -1.88. The van der Waals surface area contributed by atoms with Gasteiger partial charge in [0.1, 0.15) is 0 Å². The summed E-state index contributed by atoms with van der Waals surface area (Å²) < 4.78 is 30.6. The molecule has 0 aromatic rings. The fraction of sp³-hybridized carbons (Fsp3) is 0.818. The van der Waals surface area contributed by atoms with E-state index in [0.29, 0.717) is 19.3 Å². The molecule has 110 valence electrons. The van der Waals surface area contributed by atoms with Crippen LogP contribution in [0.15, 0.2) is 0 Å². The summed E-state index contributed by atoms with van der Waals surface area (Å²) in [6.07, 6.45) is 1.54. The molecule has 0 bridgehead atoms. The van der Waals surface area contributed by atoms with Crippen LogP contribution in [0.5, 0.6) is 0 Å². The minimum atomic E-state index is -3.72. The first-order chi connectivity index (χ1) is 8.84. The van der Waals surface area contributed by atoms with Crippen LogP contribution in [0.1, 0.15) is 26.2 Å². The summed E-state index contributed by atoms with van der Waals surface area (Å²) in [5, 5.41) is -0.820. The molecular formula is C11H20N2O5S. The molecule has 2 atom stereocenters. The van der Waals surface area contributed by atoms with Crippen LogP contribution in [0, 0.1) is 5.92 Å². The van der Waals surface area contributed by atoms with Crippen molar-refractivity contribution in [3.05, 3.63) is 0 Å². The van der Waals surface area contributed by atoms with Gasteiger partial charge < -0.3 is 10.5 Å². The Morgan fingerprint density at radius 2 is 2.00 bits per heavy atom. The Balaban J connectivity index is 2.97. The van der Waals surface area contributed by atoms with Crippen LogP contribution in [0.4, 0.5) is 0 Å². The van der Waals surface area contributed by atoms with Gasteiger partial charge in [0.25, 0.3) is 0 Å². The van der Waals surface area contributed by atoms with Crippen molar-refractivity contribution in [1.29, 1.82) is 0 Å². The second-order valence-corrected chi connectivity index (χ2v) is 6.69. The first-order valence-electron chi connectivity index (χ1n) is 6.19. The van der Waals surface area contributed by atoms with E-state index in [0.717, 1.165) is 4.31 Å². The van der Waals surface area contributed by atoms with Crippen molar-refractivity contribution in [3.8, 4) is 0 Å². The number of rotatable bonds is 6.